The molecule has 0 bridgehead atoms. The van der Waals surface area contributed by atoms with Crippen molar-refractivity contribution in [1.29, 1.82) is 0 Å². The van der Waals surface area contributed by atoms with Crippen molar-refractivity contribution < 1.29 is 4.57 Å². The van der Waals surface area contributed by atoms with Gasteiger partial charge in [-0.15, -0.1) is 0 Å². The summed E-state index contributed by atoms with van der Waals surface area (Å²) in [6.07, 6.45) is 0. The topological polar surface area (TPSA) is 17.1 Å². The molecule has 0 aliphatic heterocycles. The van der Waals surface area contributed by atoms with Gasteiger partial charge in [0.2, 0.25) is 0 Å². The van der Waals surface area contributed by atoms with Gasteiger partial charge in [0.15, 0.2) is 10.6 Å². The number of benzene rings is 2. The van der Waals surface area contributed by atoms with Crippen molar-refractivity contribution in [2.24, 2.45) is 0 Å². The maximum Gasteiger partial charge on any atom is 0.415 e. The minimum atomic E-state index is -1.43. The van der Waals surface area contributed by atoms with Gasteiger partial charge in [-0.3, -0.25) is 0 Å². The average Bonchev–Trinajstić information content (AvgIpc) is 2.30. The van der Waals surface area contributed by atoms with E-state index in [0.29, 0.717) is 0 Å². The highest BCUT2D eigenvalue weighted by molar-refractivity contribution is 7.61. The molecule has 2 aromatic rings. The van der Waals surface area contributed by atoms with E-state index in [1.165, 1.54) is 5.56 Å². The first-order chi connectivity index (χ1) is 7.27. The molecular formula is C13H12OP+. The lowest BCUT2D eigenvalue weighted by Gasteiger charge is -1.90. The van der Waals surface area contributed by atoms with Crippen LogP contribution in [0.15, 0.2) is 54.6 Å². The lowest BCUT2D eigenvalue weighted by Crippen LogP contribution is -2.05. The zero-order chi connectivity index (χ0) is 10.7. The summed E-state index contributed by atoms with van der Waals surface area (Å²) in [7, 11) is -1.43. The van der Waals surface area contributed by atoms with Gasteiger partial charge >= 0.3 is 7.80 Å². The van der Waals surface area contributed by atoms with E-state index >= 15 is 0 Å². The molecule has 0 amide bonds. The van der Waals surface area contributed by atoms with Crippen molar-refractivity contribution in [3.05, 3.63) is 60.2 Å². The zero-order valence-corrected chi connectivity index (χ0v) is 9.45. The van der Waals surface area contributed by atoms with Crippen LogP contribution in [0.25, 0.3) is 0 Å². The van der Waals surface area contributed by atoms with E-state index in [-0.39, 0.29) is 0 Å². The van der Waals surface area contributed by atoms with Gasteiger partial charge < -0.3 is 0 Å². The van der Waals surface area contributed by atoms with Gasteiger partial charge in [-0.25, -0.2) is 0 Å². The standard InChI is InChI=1S/C13H12OP/c1-11-7-9-13(10-8-11)15(14)12-5-3-2-4-6-12/h2-10H,1H3/q+1. The molecule has 15 heavy (non-hydrogen) atoms. The molecule has 1 nitrogen and oxygen atoms in total. The van der Waals surface area contributed by atoms with Crippen molar-refractivity contribution in [2.75, 3.05) is 0 Å². The monoisotopic (exact) mass is 215 g/mol. The van der Waals surface area contributed by atoms with Crippen LogP contribution < -0.4 is 10.6 Å². The van der Waals surface area contributed by atoms with E-state index < -0.39 is 7.80 Å². The summed E-state index contributed by atoms with van der Waals surface area (Å²) < 4.78 is 12.1. The molecule has 2 rings (SSSR count). The van der Waals surface area contributed by atoms with E-state index in [0.717, 1.165) is 10.6 Å². The first-order valence-corrected chi connectivity index (χ1v) is 6.12. The fraction of sp³-hybridized carbons (Fsp3) is 0.0769. The van der Waals surface area contributed by atoms with Crippen molar-refractivity contribution in [1.82, 2.24) is 0 Å². The molecule has 74 valence electrons. The third-order valence-electron chi connectivity index (χ3n) is 2.26. The third-order valence-corrected chi connectivity index (χ3v) is 3.79. The van der Waals surface area contributed by atoms with Crippen LogP contribution in [0.4, 0.5) is 0 Å². The number of rotatable bonds is 2. The van der Waals surface area contributed by atoms with Gasteiger partial charge in [0.05, 0.1) is 0 Å². The second-order valence-corrected chi connectivity index (χ2v) is 5.09. The Bertz CT molecular complexity index is 460. The van der Waals surface area contributed by atoms with Crippen LogP contribution in [0.5, 0.6) is 0 Å². The molecule has 0 spiro atoms. The molecule has 0 N–H and O–H groups in total. The Hall–Kier alpha value is -1.46. The van der Waals surface area contributed by atoms with Crippen molar-refractivity contribution in [2.45, 2.75) is 6.92 Å². The molecule has 0 aliphatic carbocycles. The molecule has 0 heterocycles. The maximum absolute atomic E-state index is 12.1. The Kier molecular flexibility index (Phi) is 2.94. The first kappa shape index (κ1) is 10.1. The first-order valence-electron chi connectivity index (χ1n) is 4.86. The summed E-state index contributed by atoms with van der Waals surface area (Å²) in [5, 5.41) is 1.78. The van der Waals surface area contributed by atoms with E-state index in [9.17, 15) is 4.57 Å². The Morgan fingerprint density at radius 2 is 1.33 bits per heavy atom. The summed E-state index contributed by atoms with van der Waals surface area (Å²) in [5.74, 6) is 0. The Morgan fingerprint density at radius 1 is 0.800 bits per heavy atom. The summed E-state index contributed by atoms with van der Waals surface area (Å²) in [6, 6.07) is 17.4. The fourth-order valence-corrected chi connectivity index (χ4v) is 2.55. The smallest absolute Gasteiger partial charge is 0.0619 e. The molecule has 0 fully saturated rings. The van der Waals surface area contributed by atoms with Crippen molar-refractivity contribution in [3.63, 3.8) is 0 Å². The highest BCUT2D eigenvalue weighted by atomic mass is 31.1. The normalized spacial score (nSPS) is 11.1. The Balaban J connectivity index is 2.33. The van der Waals surface area contributed by atoms with Crippen LogP contribution in [-0.4, -0.2) is 0 Å². The molecule has 2 aromatic carbocycles. The van der Waals surface area contributed by atoms with E-state index in [2.05, 4.69) is 0 Å². The molecular weight excluding hydrogens is 203 g/mol. The van der Waals surface area contributed by atoms with Gasteiger partial charge in [0, 0.05) is 0 Å². The minimum absolute atomic E-state index is 0.886. The predicted molar refractivity (Wildman–Crippen MR) is 64.5 cm³/mol. The van der Waals surface area contributed by atoms with Crippen LogP contribution in [0.1, 0.15) is 5.56 Å². The van der Waals surface area contributed by atoms with Gasteiger partial charge in [-0.2, -0.15) is 0 Å². The van der Waals surface area contributed by atoms with E-state index in [1.807, 2.05) is 61.5 Å². The molecule has 0 aromatic heterocycles. The quantitative estimate of drug-likeness (QED) is 0.704. The lowest BCUT2D eigenvalue weighted by molar-refractivity contribution is 0.598. The summed E-state index contributed by atoms with van der Waals surface area (Å²) in [4.78, 5) is 0. The molecule has 0 aliphatic rings. The van der Waals surface area contributed by atoms with Gasteiger partial charge in [0.25, 0.3) is 0 Å². The number of aryl methyl sites for hydroxylation is 1. The third kappa shape index (κ3) is 2.31. The molecule has 0 radical (unpaired) electrons. The van der Waals surface area contributed by atoms with Gasteiger partial charge in [0.1, 0.15) is 0 Å². The number of hydrogen-bond donors (Lipinski definition) is 0. The van der Waals surface area contributed by atoms with Gasteiger partial charge in [-0.05, 0) is 31.2 Å². The highest BCUT2D eigenvalue weighted by Crippen LogP contribution is 2.18. The van der Waals surface area contributed by atoms with Crippen LogP contribution in [0.2, 0.25) is 0 Å². The predicted octanol–water partition coefficient (Wildman–Crippen LogP) is 2.77. The Labute approximate surface area is 90.6 Å². The fourth-order valence-electron chi connectivity index (χ4n) is 1.39. The molecule has 0 saturated heterocycles. The van der Waals surface area contributed by atoms with E-state index in [4.69, 9.17) is 0 Å². The van der Waals surface area contributed by atoms with Crippen LogP contribution in [0, 0.1) is 6.92 Å². The van der Waals surface area contributed by atoms with E-state index in [1.54, 1.807) is 0 Å². The second kappa shape index (κ2) is 4.37. The lowest BCUT2D eigenvalue weighted by atomic mass is 10.2. The Morgan fingerprint density at radius 3 is 1.93 bits per heavy atom. The van der Waals surface area contributed by atoms with Crippen molar-refractivity contribution >= 4 is 18.4 Å². The summed E-state index contributed by atoms with van der Waals surface area (Å²) >= 11 is 0. The molecule has 1 unspecified atom stereocenters. The van der Waals surface area contributed by atoms with Crippen LogP contribution in [-0.2, 0) is 4.57 Å². The molecule has 2 heteroatoms. The SMILES string of the molecule is Cc1ccc([P+](=O)c2ccccc2)cc1. The number of hydrogen-bond acceptors (Lipinski definition) is 1. The zero-order valence-electron chi connectivity index (χ0n) is 8.55. The molecule has 0 saturated carbocycles. The second-order valence-electron chi connectivity index (χ2n) is 3.47. The maximum atomic E-state index is 12.1. The minimum Gasteiger partial charge on any atom is -0.0619 e. The summed E-state index contributed by atoms with van der Waals surface area (Å²) in [6.45, 7) is 2.03. The van der Waals surface area contributed by atoms with Crippen molar-refractivity contribution in [3.8, 4) is 0 Å². The van der Waals surface area contributed by atoms with Crippen LogP contribution in [0.3, 0.4) is 0 Å². The summed E-state index contributed by atoms with van der Waals surface area (Å²) in [5.41, 5.74) is 1.19. The van der Waals surface area contributed by atoms with Crippen LogP contribution >= 0.6 is 7.80 Å². The highest BCUT2D eigenvalue weighted by Gasteiger charge is 2.21. The molecule has 1 atom stereocenters. The van der Waals surface area contributed by atoms with Gasteiger partial charge in [-0.1, -0.05) is 40.5 Å². The average molecular weight is 215 g/mol. The largest absolute Gasteiger partial charge is 0.415 e.